The van der Waals surface area contributed by atoms with Gasteiger partial charge in [-0.2, -0.15) is 0 Å². The second kappa shape index (κ2) is 6.02. The third-order valence-electron chi connectivity index (χ3n) is 3.11. The number of Topliss-reactive ketones (excluding diaryl/α,β-unsaturated/α-hetero) is 1. The number of benzene rings is 2. The summed E-state index contributed by atoms with van der Waals surface area (Å²) in [6.07, 6.45) is 0. The van der Waals surface area contributed by atoms with Crippen LogP contribution in [0.25, 0.3) is 0 Å². The van der Waals surface area contributed by atoms with Crippen LogP contribution in [0.4, 0.5) is 5.69 Å². The minimum absolute atomic E-state index is 0.286. The number of anilines is 1. The van der Waals surface area contributed by atoms with Crippen molar-refractivity contribution in [3.8, 4) is 0 Å². The van der Waals surface area contributed by atoms with Gasteiger partial charge in [0.05, 0.1) is 0 Å². The molecule has 0 aromatic heterocycles. The van der Waals surface area contributed by atoms with Crippen LogP contribution in [0.5, 0.6) is 0 Å². The van der Waals surface area contributed by atoms with Crippen molar-refractivity contribution in [2.45, 2.75) is 5.92 Å². The first kappa shape index (κ1) is 13.8. The number of carbonyl (C=O) groups is 2. The molecule has 0 radical (unpaired) electrons. The fourth-order valence-corrected chi connectivity index (χ4v) is 2.09. The molecule has 0 saturated heterocycles. The summed E-state index contributed by atoms with van der Waals surface area (Å²) in [5, 5.41) is 2.98. The number of primary amides is 1. The van der Waals surface area contributed by atoms with Gasteiger partial charge in [0.1, 0.15) is 5.92 Å². The molecule has 20 heavy (non-hydrogen) atoms. The van der Waals surface area contributed by atoms with Crippen molar-refractivity contribution < 1.29 is 9.59 Å². The number of carbonyl (C=O) groups excluding carboxylic acids is 2. The second-order valence-corrected chi connectivity index (χ2v) is 4.44. The second-order valence-electron chi connectivity index (χ2n) is 4.44. The van der Waals surface area contributed by atoms with Gasteiger partial charge in [-0.15, -0.1) is 0 Å². The largest absolute Gasteiger partial charge is 0.388 e. The summed E-state index contributed by atoms with van der Waals surface area (Å²) in [6.45, 7) is 0. The average Bonchev–Trinajstić information content (AvgIpc) is 2.48. The molecule has 2 rings (SSSR count). The van der Waals surface area contributed by atoms with Crippen molar-refractivity contribution >= 4 is 17.4 Å². The summed E-state index contributed by atoms with van der Waals surface area (Å²) in [5.41, 5.74) is 7.32. The van der Waals surface area contributed by atoms with Gasteiger partial charge in [-0.25, -0.2) is 0 Å². The summed E-state index contributed by atoms with van der Waals surface area (Å²) in [4.78, 5) is 24.2. The predicted molar refractivity (Wildman–Crippen MR) is 78.7 cm³/mol. The summed E-state index contributed by atoms with van der Waals surface area (Å²) in [7, 11) is 1.78. The predicted octanol–water partition coefficient (Wildman–Crippen LogP) is 2.18. The van der Waals surface area contributed by atoms with Gasteiger partial charge in [0.2, 0.25) is 5.91 Å². The molecule has 1 amide bonds. The molecule has 0 heterocycles. The number of hydrogen-bond acceptors (Lipinski definition) is 3. The van der Waals surface area contributed by atoms with Crippen molar-refractivity contribution in [1.82, 2.24) is 0 Å². The first-order valence-corrected chi connectivity index (χ1v) is 6.29. The molecule has 102 valence electrons. The Morgan fingerprint density at radius 3 is 2.35 bits per heavy atom. The van der Waals surface area contributed by atoms with Crippen LogP contribution in [0, 0.1) is 0 Å². The van der Waals surface area contributed by atoms with Crippen LogP contribution < -0.4 is 11.1 Å². The minimum atomic E-state index is -0.967. The molecule has 0 aliphatic carbocycles. The van der Waals surface area contributed by atoms with Gasteiger partial charge < -0.3 is 11.1 Å². The Morgan fingerprint density at radius 2 is 1.75 bits per heavy atom. The number of amides is 1. The molecule has 0 aliphatic heterocycles. The summed E-state index contributed by atoms with van der Waals surface area (Å²) < 4.78 is 0. The normalized spacial score (nSPS) is 11.7. The lowest BCUT2D eigenvalue weighted by Crippen LogP contribution is -2.28. The molecule has 0 bridgehead atoms. The molecular weight excluding hydrogens is 252 g/mol. The summed E-state index contributed by atoms with van der Waals surface area (Å²) >= 11 is 0. The zero-order valence-corrected chi connectivity index (χ0v) is 11.2. The van der Waals surface area contributed by atoms with Crippen molar-refractivity contribution in [2.24, 2.45) is 5.73 Å². The van der Waals surface area contributed by atoms with E-state index in [4.69, 9.17) is 5.73 Å². The SMILES string of the molecule is CNc1cccc(C(C(N)=O)C(=O)c2ccccc2)c1. The van der Waals surface area contributed by atoms with E-state index in [0.717, 1.165) is 5.69 Å². The van der Waals surface area contributed by atoms with Crippen LogP contribution in [0.2, 0.25) is 0 Å². The zero-order valence-electron chi connectivity index (χ0n) is 11.2. The molecule has 4 heteroatoms. The smallest absolute Gasteiger partial charge is 0.232 e. The Morgan fingerprint density at radius 1 is 1.05 bits per heavy atom. The number of hydrogen-bond donors (Lipinski definition) is 2. The molecule has 1 atom stereocenters. The quantitative estimate of drug-likeness (QED) is 0.645. The highest BCUT2D eigenvalue weighted by atomic mass is 16.2. The van der Waals surface area contributed by atoms with Gasteiger partial charge in [0.15, 0.2) is 5.78 Å². The van der Waals surface area contributed by atoms with E-state index < -0.39 is 11.8 Å². The Balaban J connectivity index is 2.41. The molecule has 3 N–H and O–H groups in total. The fraction of sp³-hybridized carbons (Fsp3) is 0.125. The van der Waals surface area contributed by atoms with Gasteiger partial charge in [-0.3, -0.25) is 9.59 Å². The number of ketones is 1. The molecule has 0 saturated carbocycles. The first-order chi connectivity index (χ1) is 9.63. The highest BCUT2D eigenvalue weighted by molar-refractivity contribution is 6.14. The monoisotopic (exact) mass is 268 g/mol. The van der Waals surface area contributed by atoms with E-state index in [2.05, 4.69) is 5.32 Å². The van der Waals surface area contributed by atoms with Crippen molar-refractivity contribution in [1.29, 1.82) is 0 Å². The topological polar surface area (TPSA) is 72.2 Å². The molecule has 4 nitrogen and oxygen atoms in total. The Bertz CT molecular complexity index is 623. The highest BCUT2D eigenvalue weighted by Gasteiger charge is 2.27. The van der Waals surface area contributed by atoms with Crippen molar-refractivity contribution in [3.05, 3.63) is 65.7 Å². The molecule has 0 fully saturated rings. The molecule has 0 spiro atoms. The van der Waals surface area contributed by atoms with Crippen LogP contribution in [-0.2, 0) is 4.79 Å². The van der Waals surface area contributed by atoms with E-state index in [9.17, 15) is 9.59 Å². The van der Waals surface area contributed by atoms with E-state index in [-0.39, 0.29) is 5.78 Å². The molecule has 0 aliphatic rings. The molecular formula is C16H16N2O2. The third-order valence-corrected chi connectivity index (χ3v) is 3.11. The van der Waals surface area contributed by atoms with Crippen molar-refractivity contribution in [2.75, 3.05) is 12.4 Å². The van der Waals surface area contributed by atoms with Gasteiger partial charge in [-0.1, -0.05) is 42.5 Å². The van der Waals surface area contributed by atoms with Crippen molar-refractivity contribution in [3.63, 3.8) is 0 Å². The van der Waals surface area contributed by atoms with Crippen LogP contribution in [0.15, 0.2) is 54.6 Å². The van der Waals surface area contributed by atoms with Gasteiger partial charge in [0, 0.05) is 18.3 Å². The van der Waals surface area contributed by atoms with Gasteiger partial charge in [-0.05, 0) is 17.7 Å². The van der Waals surface area contributed by atoms with E-state index in [0.29, 0.717) is 11.1 Å². The Kier molecular flexibility index (Phi) is 4.15. The lowest BCUT2D eigenvalue weighted by Gasteiger charge is -2.14. The Hall–Kier alpha value is -2.62. The van der Waals surface area contributed by atoms with Gasteiger partial charge >= 0.3 is 0 Å². The van der Waals surface area contributed by atoms with Crippen LogP contribution in [0.1, 0.15) is 21.8 Å². The first-order valence-electron chi connectivity index (χ1n) is 6.29. The maximum absolute atomic E-state index is 12.5. The summed E-state index contributed by atoms with van der Waals surface area (Å²) in [6, 6.07) is 15.8. The highest BCUT2D eigenvalue weighted by Crippen LogP contribution is 2.23. The minimum Gasteiger partial charge on any atom is -0.388 e. The molecule has 1 unspecified atom stereocenters. The zero-order chi connectivity index (χ0) is 14.5. The van der Waals surface area contributed by atoms with E-state index >= 15 is 0 Å². The maximum Gasteiger partial charge on any atom is 0.232 e. The standard InChI is InChI=1S/C16H16N2O2/c1-18-13-9-5-8-12(10-13)14(16(17)20)15(19)11-6-3-2-4-7-11/h2-10,14,18H,1H3,(H2,17,20). The summed E-state index contributed by atoms with van der Waals surface area (Å²) in [5.74, 6) is -1.90. The lowest BCUT2D eigenvalue weighted by atomic mass is 9.90. The van der Waals surface area contributed by atoms with Crippen LogP contribution in [-0.4, -0.2) is 18.7 Å². The number of rotatable bonds is 5. The third kappa shape index (κ3) is 2.85. The lowest BCUT2D eigenvalue weighted by molar-refractivity contribution is -0.118. The maximum atomic E-state index is 12.5. The molecule has 2 aromatic carbocycles. The van der Waals surface area contributed by atoms with Crippen LogP contribution >= 0.6 is 0 Å². The number of nitrogens with two attached hydrogens (primary N) is 1. The number of nitrogens with one attached hydrogen (secondary N) is 1. The fourth-order valence-electron chi connectivity index (χ4n) is 2.09. The van der Waals surface area contributed by atoms with E-state index in [1.165, 1.54) is 0 Å². The average molecular weight is 268 g/mol. The Labute approximate surface area is 117 Å². The van der Waals surface area contributed by atoms with E-state index in [1.807, 2.05) is 12.1 Å². The van der Waals surface area contributed by atoms with Crippen LogP contribution in [0.3, 0.4) is 0 Å². The van der Waals surface area contributed by atoms with E-state index in [1.54, 1.807) is 49.5 Å². The van der Waals surface area contributed by atoms with Gasteiger partial charge in [0.25, 0.3) is 0 Å². The molecule has 2 aromatic rings.